The fourth-order valence-corrected chi connectivity index (χ4v) is 3.00. The Balaban J connectivity index is 2.93. The average molecular weight is 288 g/mol. The highest BCUT2D eigenvalue weighted by atomic mass is 32.1. The number of hydrogen-bond acceptors (Lipinski definition) is 4. The molecule has 2 atom stereocenters. The molecule has 110 valence electrons. The highest BCUT2D eigenvalue weighted by Gasteiger charge is 2.43. The largest absolute Gasteiger partial charge is 0.394 e. The van der Waals surface area contributed by atoms with Crippen LogP contribution in [0.2, 0.25) is 0 Å². The first-order valence-electron chi connectivity index (χ1n) is 6.76. The number of carbonyl (C=O) groups is 1. The Kier molecular flexibility index (Phi) is 5.70. The van der Waals surface area contributed by atoms with Crippen LogP contribution >= 0.6 is 12.2 Å². The molecule has 1 amide bonds. The molecule has 1 rings (SSSR count). The van der Waals surface area contributed by atoms with E-state index < -0.39 is 5.41 Å². The Morgan fingerprint density at radius 3 is 2.47 bits per heavy atom. The van der Waals surface area contributed by atoms with Crippen molar-refractivity contribution < 1.29 is 14.6 Å². The predicted octanol–water partition coefficient (Wildman–Crippen LogP) is 0.687. The molecule has 0 aromatic rings. The molecule has 0 aromatic heterocycles. The van der Waals surface area contributed by atoms with Gasteiger partial charge in [-0.1, -0.05) is 26.1 Å². The van der Waals surface area contributed by atoms with Gasteiger partial charge in [0.05, 0.1) is 29.2 Å². The molecule has 0 radical (unpaired) electrons. The lowest BCUT2D eigenvalue weighted by molar-refractivity contribution is -0.154. The van der Waals surface area contributed by atoms with Crippen LogP contribution in [0.1, 0.15) is 33.6 Å². The second kappa shape index (κ2) is 6.63. The number of nitrogens with two attached hydrogens (primary N) is 1. The molecule has 0 aliphatic carbocycles. The zero-order valence-corrected chi connectivity index (χ0v) is 12.7. The van der Waals surface area contributed by atoms with E-state index in [0.29, 0.717) is 25.9 Å². The summed E-state index contributed by atoms with van der Waals surface area (Å²) in [5.41, 5.74) is 5.03. The number of thiocarbonyl (C=S) groups is 1. The maximum atomic E-state index is 12.8. The molecule has 1 aliphatic rings. The molecular weight excluding hydrogens is 264 g/mol. The smallest absolute Gasteiger partial charge is 0.235 e. The number of aliphatic hydroxyl groups excluding tert-OH is 1. The fourth-order valence-electron chi connectivity index (χ4n) is 2.62. The summed E-state index contributed by atoms with van der Waals surface area (Å²) in [4.78, 5) is 14.7. The lowest BCUT2D eigenvalue weighted by atomic mass is 9.80. The van der Waals surface area contributed by atoms with Gasteiger partial charge in [0, 0.05) is 13.1 Å². The third kappa shape index (κ3) is 3.24. The fraction of sp³-hybridized carbons (Fsp3) is 0.846. The lowest BCUT2D eigenvalue weighted by Gasteiger charge is -2.41. The second-order valence-corrected chi connectivity index (χ2v) is 5.55. The highest BCUT2D eigenvalue weighted by molar-refractivity contribution is 7.80. The summed E-state index contributed by atoms with van der Waals surface area (Å²) in [5.74, 6) is -0.0430. The zero-order valence-electron chi connectivity index (χ0n) is 11.9. The first-order chi connectivity index (χ1) is 8.91. The van der Waals surface area contributed by atoms with E-state index in [2.05, 4.69) is 0 Å². The number of morpholine rings is 1. The van der Waals surface area contributed by atoms with Gasteiger partial charge in [-0.25, -0.2) is 0 Å². The van der Waals surface area contributed by atoms with Crippen LogP contribution in [0.5, 0.6) is 0 Å². The molecule has 2 unspecified atom stereocenters. The van der Waals surface area contributed by atoms with Crippen LogP contribution in [0.25, 0.3) is 0 Å². The molecule has 0 bridgehead atoms. The minimum atomic E-state index is -0.771. The maximum absolute atomic E-state index is 12.8. The van der Waals surface area contributed by atoms with E-state index in [-0.39, 0.29) is 29.7 Å². The Morgan fingerprint density at radius 2 is 2.05 bits per heavy atom. The summed E-state index contributed by atoms with van der Waals surface area (Å²) >= 11 is 5.11. The summed E-state index contributed by atoms with van der Waals surface area (Å²) < 4.78 is 5.55. The van der Waals surface area contributed by atoms with Crippen molar-refractivity contribution in [2.45, 2.75) is 45.8 Å². The number of aliphatic hydroxyl groups is 1. The van der Waals surface area contributed by atoms with Crippen molar-refractivity contribution in [2.75, 3.05) is 19.7 Å². The summed E-state index contributed by atoms with van der Waals surface area (Å²) in [6.07, 6.45) is 0.762. The van der Waals surface area contributed by atoms with Gasteiger partial charge in [0.1, 0.15) is 0 Å². The molecular formula is C13H24N2O3S. The minimum absolute atomic E-state index is 0.0430. The van der Waals surface area contributed by atoms with E-state index >= 15 is 0 Å². The van der Waals surface area contributed by atoms with E-state index in [4.69, 9.17) is 22.7 Å². The van der Waals surface area contributed by atoms with Crippen LogP contribution in [0.15, 0.2) is 0 Å². The first-order valence-corrected chi connectivity index (χ1v) is 7.17. The van der Waals surface area contributed by atoms with Crippen LogP contribution in [0, 0.1) is 5.41 Å². The maximum Gasteiger partial charge on any atom is 0.235 e. The average Bonchev–Trinajstić information content (AvgIpc) is 2.39. The monoisotopic (exact) mass is 288 g/mol. The lowest BCUT2D eigenvalue weighted by Crippen LogP contribution is -2.57. The van der Waals surface area contributed by atoms with Crippen molar-refractivity contribution in [3.63, 3.8) is 0 Å². The normalized spacial score (nSPS) is 24.3. The predicted molar refractivity (Wildman–Crippen MR) is 77.8 cm³/mol. The molecule has 5 nitrogen and oxygen atoms in total. The summed E-state index contributed by atoms with van der Waals surface area (Å²) in [5, 5.41) is 9.22. The summed E-state index contributed by atoms with van der Waals surface area (Å²) in [7, 11) is 0. The van der Waals surface area contributed by atoms with Crippen LogP contribution in [-0.2, 0) is 9.53 Å². The molecule has 1 aliphatic heterocycles. The van der Waals surface area contributed by atoms with Crippen molar-refractivity contribution >= 4 is 23.1 Å². The number of rotatable bonds is 5. The highest BCUT2D eigenvalue weighted by Crippen LogP contribution is 2.31. The molecule has 19 heavy (non-hydrogen) atoms. The van der Waals surface area contributed by atoms with Crippen molar-refractivity contribution in [3.05, 3.63) is 0 Å². The summed E-state index contributed by atoms with van der Waals surface area (Å²) in [6.45, 7) is 6.56. The third-order valence-electron chi connectivity index (χ3n) is 3.91. The summed E-state index contributed by atoms with van der Waals surface area (Å²) in [6, 6.07) is 0. The minimum Gasteiger partial charge on any atom is -0.394 e. The van der Waals surface area contributed by atoms with Gasteiger partial charge in [-0.05, 0) is 19.8 Å². The quantitative estimate of drug-likeness (QED) is 0.728. The molecule has 6 heteroatoms. The van der Waals surface area contributed by atoms with Crippen molar-refractivity contribution in [3.8, 4) is 0 Å². The van der Waals surface area contributed by atoms with Gasteiger partial charge in [0.15, 0.2) is 0 Å². The van der Waals surface area contributed by atoms with Crippen LogP contribution in [-0.4, -0.2) is 52.8 Å². The second-order valence-electron chi connectivity index (χ2n) is 5.11. The Labute approximate surface area is 120 Å². The van der Waals surface area contributed by atoms with Gasteiger partial charge >= 0.3 is 0 Å². The van der Waals surface area contributed by atoms with Crippen molar-refractivity contribution in [1.82, 2.24) is 4.90 Å². The molecule has 0 aromatic carbocycles. The van der Waals surface area contributed by atoms with Crippen LogP contribution in [0.4, 0.5) is 0 Å². The third-order valence-corrected chi connectivity index (χ3v) is 4.30. The topological polar surface area (TPSA) is 75.8 Å². The van der Waals surface area contributed by atoms with Gasteiger partial charge in [0.25, 0.3) is 0 Å². The SMILES string of the molecule is CCC(CC)(C(=O)N1CC(C)OC(CO)C1)C(N)=S. The van der Waals surface area contributed by atoms with Gasteiger partial charge in [-0.3, -0.25) is 4.79 Å². The molecule has 0 spiro atoms. The Morgan fingerprint density at radius 1 is 1.47 bits per heavy atom. The van der Waals surface area contributed by atoms with Gasteiger partial charge in [-0.15, -0.1) is 0 Å². The van der Waals surface area contributed by atoms with Crippen LogP contribution < -0.4 is 5.73 Å². The Bertz CT molecular complexity index is 345. The van der Waals surface area contributed by atoms with Crippen LogP contribution in [0.3, 0.4) is 0 Å². The molecule has 1 fully saturated rings. The number of amides is 1. The van der Waals surface area contributed by atoms with Crippen molar-refractivity contribution in [2.24, 2.45) is 11.1 Å². The standard InChI is InChI=1S/C13H24N2O3S/c1-4-13(5-2,11(14)19)12(17)15-6-9(3)18-10(7-15)8-16/h9-10,16H,4-8H2,1-3H3,(H2,14,19). The molecule has 1 heterocycles. The molecule has 3 N–H and O–H groups in total. The molecule has 1 saturated heterocycles. The van der Waals surface area contributed by atoms with E-state index in [1.54, 1.807) is 4.90 Å². The van der Waals surface area contributed by atoms with E-state index in [1.165, 1.54) is 0 Å². The zero-order chi connectivity index (χ0) is 14.6. The van der Waals surface area contributed by atoms with E-state index in [9.17, 15) is 9.90 Å². The number of ether oxygens (including phenoxy) is 1. The van der Waals surface area contributed by atoms with Crippen molar-refractivity contribution in [1.29, 1.82) is 0 Å². The number of carbonyl (C=O) groups excluding carboxylic acids is 1. The number of nitrogens with zero attached hydrogens (tertiary/aromatic N) is 1. The van der Waals surface area contributed by atoms with Gasteiger partial charge in [0.2, 0.25) is 5.91 Å². The van der Waals surface area contributed by atoms with Gasteiger partial charge < -0.3 is 20.5 Å². The van der Waals surface area contributed by atoms with E-state index in [0.717, 1.165) is 0 Å². The molecule has 0 saturated carbocycles. The Hall–Kier alpha value is -0.720. The van der Waals surface area contributed by atoms with Gasteiger partial charge in [-0.2, -0.15) is 0 Å². The number of hydrogen-bond donors (Lipinski definition) is 2. The first kappa shape index (κ1) is 16.3. The van der Waals surface area contributed by atoms with E-state index in [1.807, 2.05) is 20.8 Å².